The minimum Gasteiger partial charge on any atom is -0.494 e. The van der Waals surface area contributed by atoms with Crippen LogP contribution >= 0.6 is 0 Å². The topological polar surface area (TPSA) is 160 Å². The highest BCUT2D eigenvalue weighted by Crippen LogP contribution is 2.25. The van der Waals surface area contributed by atoms with Gasteiger partial charge in [0.15, 0.2) is 16.1 Å². The molecule has 33 heavy (non-hydrogen) atoms. The number of unbranched alkanes of at least 4 members (excludes halogenated alkanes) is 2. The summed E-state index contributed by atoms with van der Waals surface area (Å²) < 4.78 is 33.0. The number of nitrogens with one attached hydrogen (secondary N) is 1. The Labute approximate surface area is 192 Å². The molecule has 0 aliphatic carbocycles. The van der Waals surface area contributed by atoms with Crippen molar-refractivity contribution in [2.45, 2.75) is 57.2 Å². The summed E-state index contributed by atoms with van der Waals surface area (Å²) in [6.45, 7) is 4.68. The average Bonchev–Trinajstić information content (AvgIpc) is 3.08. The first-order valence-electron chi connectivity index (χ1n) is 10.7. The fraction of sp³-hybridized carbons (Fsp3) is 0.524. The molecular formula is C21H31N3O8S. The number of aromatic hydroxyl groups is 1. The van der Waals surface area contributed by atoms with Gasteiger partial charge in [-0.15, -0.1) is 0 Å². The predicted octanol–water partition coefficient (Wildman–Crippen LogP) is 1.42. The second-order valence-electron chi connectivity index (χ2n) is 7.64. The molecule has 4 N–H and O–H groups in total. The lowest BCUT2D eigenvalue weighted by molar-refractivity contribution is -0.138. The van der Waals surface area contributed by atoms with E-state index in [2.05, 4.69) is 0 Å². The molecule has 0 radical (unpaired) electrons. The third kappa shape index (κ3) is 6.59. The molecule has 2 atom stereocenters. The van der Waals surface area contributed by atoms with Crippen molar-refractivity contribution in [3.63, 3.8) is 0 Å². The van der Waals surface area contributed by atoms with Gasteiger partial charge in [-0.3, -0.25) is 14.6 Å². The summed E-state index contributed by atoms with van der Waals surface area (Å²) in [5, 5.41) is 29.9. The zero-order valence-corrected chi connectivity index (χ0v) is 19.5. The number of carbonyl (C=O) groups excluding carboxylic acids is 1. The van der Waals surface area contributed by atoms with E-state index in [9.17, 15) is 28.2 Å². The van der Waals surface area contributed by atoms with Gasteiger partial charge in [-0.25, -0.2) is 23.3 Å². The molecule has 1 aromatic heterocycles. The summed E-state index contributed by atoms with van der Waals surface area (Å²) in [7, 11) is -4.13. The van der Waals surface area contributed by atoms with Crippen LogP contribution in [0.15, 0.2) is 40.2 Å². The number of benzene rings is 1. The number of amides is 1. The fourth-order valence-electron chi connectivity index (χ4n) is 3.20. The summed E-state index contributed by atoms with van der Waals surface area (Å²) >= 11 is 0. The van der Waals surface area contributed by atoms with Gasteiger partial charge in [-0.2, -0.15) is 0 Å². The largest absolute Gasteiger partial charge is 0.494 e. The number of aliphatic hydroxyl groups is 1. The van der Waals surface area contributed by atoms with Crippen LogP contribution in [0.2, 0.25) is 0 Å². The number of carbonyl (C=O) groups is 1. The van der Waals surface area contributed by atoms with Crippen LogP contribution in [0.3, 0.4) is 0 Å². The van der Waals surface area contributed by atoms with Crippen LogP contribution in [-0.2, 0) is 21.2 Å². The third-order valence-electron chi connectivity index (χ3n) is 5.14. The number of hydroxylamine groups is 1. The molecule has 0 fully saturated rings. The molecule has 1 heterocycles. The first kappa shape index (κ1) is 26.4. The van der Waals surface area contributed by atoms with E-state index in [1.165, 1.54) is 29.7 Å². The van der Waals surface area contributed by atoms with Gasteiger partial charge in [0.2, 0.25) is 5.88 Å². The van der Waals surface area contributed by atoms with Crippen molar-refractivity contribution < 1.29 is 33.4 Å². The molecule has 0 aliphatic rings. The molecule has 2 rings (SSSR count). The molecule has 0 bridgehead atoms. The number of hydrogen-bond donors (Lipinski definition) is 4. The van der Waals surface area contributed by atoms with Gasteiger partial charge in [0.05, 0.1) is 29.4 Å². The molecule has 2 unspecified atom stereocenters. The van der Waals surface area contributed by atoms with Crippen molar-refractivity contribution in [2.75, 3.05) is 12.4 Å². The van der Waals surface area contributed by atoms with E-state index in [1.807, 2.05) is 13.8 Å². The van der Waals surface area contributed by atoms with Crippen LogP contribution < -0.4 is 15.9 Å². The minimum absolute atomic E-state index is 0.134. The van der Waals surface area contributed by atoms with E-state index in [0.29, 0.717) is 23.3 Å². The Kier molecular flexibility index (Phi) is 9.50. The maximum atomic E-state index is 12.9. The summed E-state index contributed by atoms with van der Waals surface area (Å²) in [6.07, 6.45) is 2.26. The molecule has 2 aromatic rings. The van der Waals surface area contributed by atoms with Crippen molar-refractivity contribution in [1.29, 1.82) is 0 Å². The SMILES string of the molecule is CCCCOc1ccc(S(=O)(=O)CC(C(=O)NO)C(O)n2c(O)cn(CCCC)c2=O)cc1. The zero-order chi connectivity index (χ0) is 24.6. The fourth-order valence-corrected chi connectivity index (χ4v) is 4.74. The van der Waals surface area contributed by atoms with Crippen LogP contribution in [-0.4, -0.2) is 51.2 Å². The number of imidazole rings is 1. The lowest BCUT2D eigenvalue weighted by atomic mass is 10.1. The van der Waals surface area contributed by atoms with Crippen LogP contribution in [0.1, 0.15) is 45.8 Å². The monoisotopic (exact) mass is 485 g/mol. The molecule has 0 aliphatic heterocycles. The maximum absolute atomic E-state index is 12.9. The van der Waals surface area contributed by atoms with Crippen LogP contribution in [0.25, 0.3) is 0 Å². The van der Waals surface area contributed by atoms with E-state index < -0.39 is 45.2 Å². The Morgan fingerprint density at radius 2 is 1.79 bits per heavy atom. The van der Waals surface area contributed by atoms with Crippen molar-refractivity contribution in [2.24, 2.45) is 5.92 Å². The number of aryl methyl sites for hydroxylation is 1. The van der Waals surface area contributed by atoms with Gasteiger partial charge < -0.3 is 14.9 Å². The van der Waals surface area contributed by atoms with Gasteiger partial charge >= 0.3 is 5.69 Å². The Hall–Kier alpha value is -2.83. The predicted molar refractivity (Wildman–Crippen MR) is 119 cm³/mol. The highest BCUT2D eigenvalue weighted by Gasteiger charge is 2.36. The van der Waals surface area contributed by atoms with Crippen molar-refractivity contribution in [1.82, 2.24) is 14.6 Å². The minimum atomic E-state index is -4.13. The third-order valence-corrected chi connectivity index (χ3v) is 6.93. The number of hydrogen-bond acceptors (Lipinski definition) is 8. The standard InChI is InChI=1S/C21H31N3O8S/c1-3-5-11-23-13-18(25)24(21(23)28)20(27)17(19(26)22-29)14-33(30,31)16-9-7-15(8-10-16)32-12-6-4-2/h7-10,13,17,20,25,27,29H,3-6,11-12,14H2,1-2H3,(H,22,26). The van der Waals surface area contributed by atoms with Gasteiger partial charge in [0, 0.05) is 6.54 Å². The van der Waals surface area contributed by atoms with E-state index >= 15 is 0 Å². The van der Waals surface area contributed by atoms with Crippen LogP contribution in [0.4, 0.5) is 0 Å². The van der Waals surface area contributed by atoms with Gasteiger partial charge in [-0.05, 0) is 37.1 Å². The average molecular weight is 486 g/mol. The summed E-state index contributed by atoms with van der Waals surface area (Å²) in [4.78, 5) is 24.7. The van der Waals surface area contributed by atoms with Gasteiger partial charge in [-0.1, -0.05) is 26.7 Å². The Morgan fingerprint density at radius 3 is 2.36 bits per heavy atom. The van der Waals surface area contributed by atoms with Crippen LogP contribution in [0.5, 0.6) is 11.6 Å². The highest BCUT2D eigenvalue weighted by atomic mass is 32.2. The van der Waals surface area contributed by atoms with Crippen molar-refractivity contribution in [3.05, 3.63) is 40.9 Å². The number of sulfone groups is 1. The molecule has 1 aromatic carbocycles. The first-order valence-corrected chi connectivity index (χ1v) is 12.4. The zero-order valence-electron chi connectivity index (χ0n) is 18.7. The van der Waals surface area contributed by atoms with Crippen molar-refractivity contribution in [3.8, 4) is 11.6 Å². The quantitative estimate of drug-likeness (QED) is 0.188. The van der Waals surface area contributed by atoms with Crippen LogP contribution in [0, 0.1) is 5.92 Å². The number of rotatable bonds is 13. The Morgan fingerprint density at radius 1 is 1.15 bits per heavy atom. The summed E-state index contributed by atoms with van der Waals surface area (Å²) in [5.74, 6) is -4.09. The maximum Gasteiger partial charge on any atom is 0.333 e. The lowest BCUT2D eigenvalue weighted by Crippen LogP contribution is -2.41. The number of nitrogens with zero attached hydrogens (tertiary/aromatic N) is 2. The Balaban J connectivity index is 2.29. The molecule has 12 heteroatoms. The molecule has 0 saturated heterocycles. The van der Waals surface area contributed by atoms with E-state index in [-0.39, 0.29) is 11.4 Å². The molecular weight excluding hydrogens is 454 g/mol. The number of ether oxygens (including phenoxy) is 1. The number of aliphatic hydroxyl groups excluding tert-OH is 1. The van der Waals surface area contributed by atoms with E-state index in [1.54, 1.807) is 0 Å². The normalized spacial score (nSPS) is 13.5. The highest BCUT2D eigenvalue weighted by molar-refractivity contribution is 7.91. The lowest BCUT2D eigenvalue weighted by Gasteiger charge is -2.22. The molecule has 0 saturated carbocycles. The molecule has 1 amide bonds. The summed E-state index contributed by atoms with van der Waals surface area (Å²) in [5.41, 5.74) is 0.510. The first-order chi connectivity index (χ1) is 15.7. The summed E-state index contributed by atoms with van der Waals surface area (Å²) in [6, 6.07) is 5.57. The van der Waals surface area contributed by atoms with Gasteiger partial charge in [0.1, 0.15) is 5.75 Å². The second kappa shape index (κ2) is 11.9. The smallest absolute Gasteiger partial charge is 0.333 e. The molecule has 0 spiro atoms. The van der Waals surface area contributed by atoms with Gasteiger partial charge in [0.25, 0.3) is 5.91 Å². The Bertz CT molecular complexity index is 1080. The van der Waals surface area contributed by atoms with E-state index in [4.69, 9.17) is 9.94 Å². The molecule has 184 valence electrons. The second-order valence-corrected chi connectivity index (χ2v) is 9.67. The number of aromatic nitrogens is 2. The van der Waals surface area contributed by atoms with E-state index in [0.717, 1.165) is 30.0 Å². The van der Waals surface area contributed by atoms with Crippen molar-refractivity contribution >= 4 is 15.7 Å². The molecule has 11 nitrogen and oxygen atoms in total.